The first-order valence-corrected chi connectivity index (χ1v) is 5.78. The van der Waals surface area contributed by atoms with E-state index < -0.39 is 0 Å². The fourth-order valence-corrected chi connectivity index (χ4v) is 2.04. The predicted molar refractivity (Wildman–Crippen MR) is 64.2 cm³/mol. The number of benzene rings is 1. The van der Waals surface area contributed by atoms with Crippen LogP contribution in [0.25, 0.3) is 0 Å². The topological polar surface area (TPSA) is 49.8 Å². The molecule has 1 amide bonds. The van der Waals surface area contributed by atoms with Crippen molar-refractivity contribution in [2.24, 2.45) is 0 Å². The van der Waals surface area contributed by atoms with E-state index in [0.29, 0.717) is 30.9 Å². The van der Waals surface area contributed by atoms with E-state index in [1.54, 1.807) is 30.0 Å². The molecular weight excluding hydrogens is 218 g/mol. The molecule has 1 aliphatic rings. The average Bonchev–Trinajstić information content (AvgIpc) is 2.32. The average molecular weight is 235 g/mol. The Morgan fingerprint density at radius 2 is 2.29 bits per heavy atom. The first kappa shape index (κ1) is 11.9. The summed E-state index contributed by atoms with van der Waals surface area (Å²) in [7, 11) is 0. The van der Waals surface area contributed by atoms with E-state index in [2.05, 4.69) is 0 Å². The Kier molecular flexibility index (Phi) is 3.33. The van der Waals surface area contributed by atoms with Gasteiger partial charge in [0.25, 0.3) is 5.91 Å². The molecule has 0 saturated carbocycles. The quantitative estimate of drug-likeness (QED) is 0.803. The Morgan fingerprint density at radius 3 is 3.00 bits per heavy atom. The standard InChI is InChI=1S/C13H17NO3/c1-9-8-17-7-6-14(9)13(16)11-4-3-5-12(15)10(11)2/h3-5,9,15H,6-8H2,1-2H3. The zero-order chi connectivity index (χ0) is 12.4. The molecule has 1 unspecified atom stereocenters. The van der Waals surface area contributed by atoms with Gasteiger partial charge >= 0.3 is 0 Å². The molecule has 92 valence electrons. The number of phenolic OH excluding ortho intramolecular Hbond substituents is 1. The summed E-state index contributed by atoms with van der Waals surface area (Å²) in [6.07, 6.45) is 0. The molecule has 1 fully saturated rings. The maximum Gasteiger partial charge on any atom is 0.254 e. The third-order valence-corrected chi connectivity index (χ3v) is 3.16. The number of hydrogen-bond donors (Lipinski definition) is 1. The molecule has 1 N–H and O–H groups in total. The van der Waals surface area contributed by atoms with E-state index >= 15 is 0 Å². The first-order chi connectivity index (χ1) is 8.11. The van der Waals surface area contributed by atoms with Crippen LogP contribution in [-0.4, -0.2) is 41.7 Å². The monoisotopic (exact) mass is 235 g/mol. The van der Waals surface area contributed by atoms with E-state index in [4.69, 9.17) is 4.74 Å². The van der Waals surface area contributed by atoms with Gasteiger partial charge < -0.3 is 14.7 Å². The van der Waals surface area contributed by atoms with Gasteiger partial charge in [-0.2, -0.15) is 0 Å². The van der Waals surface area contributed by atoms with E-state index in [0.717, 1.165) is 0 Å². The zero-order valence-electron chi connectivity index (χ0n) is 10.1. The van der Waals surface area contributed by atoms with Crippen molar-refractivity contribution in [2.75, 3.05) is 19.8 Å². The summed E-state index contributed by atoms with van der Waals surface area (Å²) in [5.74, 6) is 0.131. The molecule has 0 bridgehead atoms. The van der Waals surface area contributed by atoms with Gasteiger partial charge in [0.1, 0.15) is 5.75 Å². The summed E-state index contributed by atoms with van der Waals surface area (Å²) in [5.41, 5.74) is 1.20. The van der Waals surface area contributed by atoms with E-state index in [1.807, 2.05) is 6.92 Å². The van der Waals surface area contributed by atoms with Crippen molar-refractivity contribution < 1.29 is 14.6 Å². The molecule has 1 atom stereocenters. The van der Waals surface area contributed by atoms with Crippen LogP contribution in [0.1, 0.15) is 22.8 Å². The highest BCUT2D eigenvalue weighted by Gasteiger charge is 2.26. The molecule has 0 spiro atoms. The van der Waals surface area contributed by atoms with Crippen LogP contribution in [0.2, 0.25) is 0 Å². The Morgan fingerprint density at radius 1 is 1.53 bits per heavy atom. The van der Waals surface area contributed by atoms with Crippen molar-refractivity contribution in [2.45, 2.75) is 19.9 Å². The molecule has 2 rings (SSSR count). The number of aromatic hydroxyl groups is 1. The predicted octanol–water partition coefficient (Wildman–Crippen LogP) is 1.56. The number of amides is 1. The minimum Gasteiger partial charge on any atom is -0.508 e. The van der Waals surface area contributed by atoms with Gasteiger partial charge in [-0.3, -0.25) is 4.79 Å². The van der Waals surface area contributed by atoms with Crippen LogP contribution in [0.5, 0.6) is 5.75 Å². The minimum absolute atomic E-state index is 0.0331. The highest BCUT2D eigenvalue weighted by Crippen LogP contribution is 2.22. The van der Waals surface area contributed by atoms with Crippen molar-refractivity contribution in [1.29, 1.82) is 0 Å². The Labute approximate surface area is 101 Å². The lowest BCUT2D eigenvalue weighted by atomic mass is 10.1. The lowest BCUT2D eigenvalue weighted by molar-refractivity contribution is 0.00353. The van der Waals surface area contributed by atoms with Crippen molar-refractivity contribution >= 4 is 5.91 Å². The SMILES string of the molecule is Cc1c(O)cccc1C(=O)N1CCOCC1C. The molecule has 1 aliphatic heterocycles. The summed E-state index contributed by atoms with van der Waals surface area (Å²) in [6, 6.07) is 5.12. The van der Waals surface area contributed by atoms with Crippen molar-refractivity contribution in [1.82, 2.24) is 4.90 Å². The molecule has 1 saturated heterocycles. The number of rotatable bonds is 1. The van der Waals surface area contributed by atoms with Gasteiger partial charge in [0.15, 0.2) is 0 Å². The Balaban J connectivity index is 2.27. The third-order valence-electron chi connectivity index (χ3n) is 3.16. The maximum absolute atomic E-state index is 12.3. The third kappa shape index (κ3) is 2.26. The minimum atomic E-state index is -0.0331. The van der Waals surface area contributed by atoms with Crippen LogP contribution < -0.4 is 0 Å². The van der Waals surface area contributed by atoms with Crippen LogP contribution in [0.15, 0.2) is 18.2 Å². The second-order valence-electron chi connectivity index (χ2n) is 4.37. The molecule has 4 heteroatoms. The highest BCUT2D eigenvalue weighted by molar-refractivity contribution is 5.96. The number of morpholine rings is 1. The van der Waals surface area contributed by atoms with Gasteiger partial charge in [0.05, 0.1) is 19.3 Å². The number of carbonyl (C=O) groups excluding carboxylic acids is 1. The van der Waals surface area contributed by atoms with Crippen molar-refractivity contribution in [3.63, 3.8) is 0 Å². The Hall–Kier alpha value is -1.55. The Bertz CT molecular complexity index is 431. The zero-order valence-corrected chi connectivity index (χ0v) is 10.1. The maximum atomic E-state index is 12.3. The van der Waals surface area contributed by atoms with Crippen LogP contribution in [0.3, 0.4) is 0 Å². The summed E-state index contributed by atoms with van der Waals surface area (Å²) in [4.78, 5) is 14.1. The molecule has 17 heavy (non-hydrogen) atoms. The van der Waals surface area contributed by atoms with E-state index in [-0.39, 0.29) is 17.7 Å². The largest absolute Gasteiger partial charge is 0.508 e. The second kappa shape index (κ2) is 4.75. The number of phenols is 1. The molecule has 4 nitrogen and oxygen atoms in total. The second-order valence-corrected chi connectivity index (χ2v) is 4.37. The molecule has 1 heterocycles. The lowest BCUT2D eigenvalue weighted by Gasteiger charge is -2.33. The fraction of sp³-hybridized carbons (Fsp3) is 0.462. The number of carbonyl (C=O) groups is 1. The molecule has 0 aliphatic carbocycles. The molecule has 0 radical (unpaired) electrons. The highest BCUT2D eigenvalue weighted by atomic mass is 16.5. The van der Waals surface area contributed by atoms with Crippen LogP contribution in [0.4, 0.5) is 0 Å². The van der Waals surface area contributed by atoms with Gasteiger partial charge in [-0.05, 0) is 26.0 Å². The molecular formula is C13H17NO3. The summed E-state index contributed by atoms with van der Waals surface area (Å²) in [6.45, 7) is 5.48. The van der Waals surface area contributed by atoms with Crippen molar-refractivity contribution in [3.05, 3.63) is 29.3 Å². The number of nitrogens with zero attached hydrogens (tertiary/aromatic N) is 1. The van der Waals surface area contributed by atoms with Gasteiger partial charge in [0, 0.05) is 17.7 Å². The van der Waals surface area contributed by atoms with Crippen molar-refractivity contribution in [3.8, 4) is 5.75 Å². The summed E-state index contributed by atoms with van der Waals surface area (Å²) in [5, 5.41) is 9.62. The molecule has 1 aromatic carbocycles. The number of ether oxygens (including phenoxy) is 1. The first-order valence-electron chi connectivity index (χ1n) is 5.78. The van der Waals surface area contributed by atoms with Gasteiger partial charge in [-0.1, -0.05) is 6.07 Å². The van der Waals surface area contributed by atoms with Crippen LogP contribution in [-0.2, 0) is 4.74 Å². The fourth-order valence-electron chi connectivity index (χ4n) is 2.04. The van der Waals surface area contributed by atoms with Gasteiger partial charge in [-0.25, -0.2) is 0 Å². The van der Waals surface area contributed by atoms with E-state index in [9.17, 15) is 9.90 Å². The van der Waals surface area contributed by atoms with E-state index in [1.165, 1.54) is 0 Å². The lowest BCUT2D eigenvalue weighted by Crippen LogP contribution is -2.47. The normalized spacial score (nSPS) is 20.4. The van der Waals surface area contributed by atoms with Gasteiger partial charge in [-0.15, -0.1) is 0 Å². The smallest absolute Gasteiger partial charge is 0.254 e. The molecule has 0 aromatic heterocycles. The van der Waals surface area contributed by atoms with Crippen LogP contribution >= 0.6 is 0 Å². The van der Waals surface area contributed by atoms with Crippen LogP contribution in [0, 0.1) is 6.92 Å². The summed E-state index contributed by atoms with van der Waals surface area (Å²) < 4.78 is 5.31. The molecule has 1 aromatic rings. The summed E-state index contributed by atoms with van der Waals surface area (Å²) >= 11 is 0. The van der Waals surface area contributed by atoms with Gasteiger partial charge in [0.2, 0.25) is 0 Å². The number of hydrogen-bond acceptors (Lipinski definition) is 3.